The summed E-state index contributed by atoms with van der Waals surface area (Å²) >= 11 is 7.13. The molecule has 1 N–H and O–H groups in total. The molecule has 5 nitrogen and oxygen atoms in total. The molecule has 0 unspecified atom stereocenters. The maximum absolute atomic E-state index is 12.7. The molecule has 4 aromatic rings. The number of fused-ring (bicyclic) bond motifs is 1. The summed E-state index contributed by atoms with van der Waals surface area (Å²) in [4.78, 5) is 19.5. The van der Waals surface area contributed by atoms with Gasteiger partial charge in [0, 0.05) is 10.8 Å². The maximum Gasteiger partial charge on any atom is 0.416 e. The Morgan fingerprint density at radius 3 is 2.41 bits per heavy atom. The molecule has 0 bridgehead atoms. The fraction of sp³-hybridized carbons (Fsp3) is 0.105. The van der Waals surface area contributed by atoms with Crippen LogP contribution in [0.1, 0.15) is 11.1 Å². The number of aromatic amines is 1. The lowest BCUT2D eigenvalue weighted by Gasteiger charge is -2.07. The highest BCUT2D eigenvalue weighted by molar-refractivity contribution is 7.98. The minimum absolute atomic E-state index is 0.332. The lowest BCUT2D eigenvalue weighted by atomic mass is 10.1. The van der Waals surface area contributed by atoms with Crippen LogP contribution in [-0.4, -0.2) is 19.7 Å². The van der Waals surface area contributed by atoms with Gasteiger partial charge in [-0.3, -0.25) is 4.79 Å². The first-order valence-corrected chi connectivity index (χ1v) is 9.70. The van der Waals surface area contributed by atoms with Crippen molar-refractivity contribution in [3.05, 3.63) is 81.2 Å². The zero-order valence-electron chi connectivity index (χ0n) is 14.6. The predicted molar refractivity (Wildman–Crippen MR) is 106 cm³/mol. The van der Waals surface area contributed by atoms with Gasteiger partial charge >= 0.3 is 6.18 Å². The first kappa shape index (κ1) is 19.5. The summed E-state index contributed by atoms with van der Waals surface area (Å²) < 4.78 is 39.5. The van der Waals surface area contributed by atoms with E-state index in [1.165, 1.54) is 34.8 Å². The number of halogens is 4. The van der Waals surface area contributed by atoms with Gasteiger partial charge in [-0.1, -0.05) is 35.5 Å². The van der Waals surface area contributed by atoms with Gasteiger partial charge in [-0.25, -0.2) is 9.67 Å². The molecule has 2 aromatic heterocycles. The molecule has 2 heterocycles. The largest absolute Gasteiger partial charge is 0.416 e. The van der Waals surface area contributed by atoms with Crippen LogP contribution in [0.3, 0.4) is 0 Å². The van der Waals surface area contributed by atoms with E-state index in [0.29, 0.717) is 38.2 Å². The van der Waals surface area contributed by atoms with Crippen LogP contribution < -0.4 is 5.56 Å². The molecule has 0 saturated heterocycles. The monoisotopic (exact) mass is 436 g/mol. The Morgan fingerprint density at radius 2 is 1.76 bits per heavy atom. The van der Waals surface area contributed by atoms with Crippen molar-refractivity contribution in [2.45, 2.75) is 17.1 Å². The molecule has 4 rings (SSSR count). The van der Waals surface area contributed by atoms with Gasteiger partial charge in [0.05, 0.1) is 17.4 Å². The molecule has 0 spiro atoms. The summed E-state index contributed by atoms with van der Waals surface area (Å²) in [6, 6.07) is 11.8. The summed E-state index contributed by atoms with van der Waals surface area (Å²) in [6.07, 6.45) is -2.94. The van der Waals surface area contributed by atoms with E-state index in [9.17, 15) is 18.0 Å². The first-order chi connectivity index (χ1) is 13.8. The standard InChI is InChI=1S/C19H12ClF3N4OS/c20-13-5-7-14(8-6-13)27-16-15(9-24-27)17(28)26-18(25-16)29-10-11-1-3-12(4-2-11)19(21,22)23/h1-9H,10H2,(H,25,26,28). The summed E-state index contributed by atoms with van der Waals surface area (Å²) in [7, 11) is 0. The molecule has 0 radical (unpaired) electrons. The SMILES string of the molecule is O=c1[nH]c(SCc2ccc(C(F)(F)F)cc2)nc2c1cnn2-c1ccc(Cl)cc1. The fourth-order valence-electron chi connectivity index (χ4n) is 2.68. The Labute approximate surface area is 171 Å². The van der Waals surface area contributed by atoms with E-state index < -0.39 is 11.7 Å². The molecule has 29 heavy (non-hydrogen) atoms. The number of rotatable bonds is 4. The number of alkyl halides is 3. The van der Waals surface area contributed by atoms with Crippen LogP contribution >= 0.6 is 23.4 Å². The van der Waals surface area contributed by atoms with E-state index in [4.69, 9.17) is 11.6 Å². The molecular weight excluding hydrogens is 425 g/mol. The van der Waals surface area contributed by atoms with Gasteiger partial charge in [0.25, 0.3) is 5.56 Å². The lowest BCUT2D eigenvalue weighted by molar-refractivity contribution is -0.137. The topological polar surface area (TPSA) is 63.6 Å². The van der Waals surface area contributed by atoms with Crippen molar-refractivity contribution in [2.24, 2.45) is 0 Å². The van der Waals surface area contributed by atoms with Crippen molar-refractivity contribution in [1.82, 2.24) is 19.7 Å². The van der Waals surface area contributed by atoms with Crippen molar-refractivity contribution in [3.8, 4) is 5.69 Å². The number of benzene rings is 2. The number of hydrogen-bond donors (Lipinski definition) is 1. The Bertz CT molecular complexity index is 1220. The van der Waals surface area contributed by atoms with Crippen LogP contribution in [-0.2, 0) is 11.9 Å². The average molecular weight is 437 g/mol. The second-order valence-electron chi connectivity index (χ2n) is 6.12. The minimum atomic E-state index is -4.37. The quantitative estimate of drug-likeness (QED) is 0.358. The minimum Gasteiger partial charge on any atom is -0.301 e. The first-order valence-electron chi connectivity index (χ1n) is 8.34. The Balaban J connectivity index is 1.60. The molecule has 2 aromatic carbocycles. The summed E-state index contributed by atoms with van der Waals surface area (Å²) in [5.41, 5.74) is 0.709. The third-order valence-corrected chi connectivity index (χ3v) is 5.34. The molecule has 0 aliphatic heterocycles. The molecule has 148 valence electrons. The molecule has 0 atom stereocenters. The smallest absolute Gasteiger partial charge is 0.301 e. The molecule has 10 heteroatoms. The predicted octanol–water partition coefficient (Wildman–Crippen LogP) is 5.07. The van der Waals surface area contributed by atoms with Gasteiger partial charge < -0.3 is 4.98 Å². The molecule has 0 aliphatic rings. The number of nitrogens with zero attached hydrogens (tertiary/aromatic N) is 3. The number of nitrogens with one attached hydrogen (secondary N) is 1. The molecule has 0 saturated carbocycles. The molecule has 0 amide bonds. The Hall–Kier alpha value is -2.78. The van der Waals surface area contributed by atoms with E-state index in [1.54, 1.807) is 24.3 Å². The van der Waals surface area contributed by atoms with E-state index in [1.807, 2.05) is 0 Å². The second kappa shape index (κ2) is 7.57. The van der Waals surface area contributed by atoms with Gasteiger partial charge in [-0.05, 0) is 42.0 Å². The third-order valence-electron chi connectivity index (χ3n) is 4.14. The number of H-pyrrole nitrogens is 1. The van der Waals surface area contributed by atoms with Gasteiger partial charge in [0.1, 0.15) is 5.39 Å². The van der Waals surface area contributed by atoms with Crippen LogP contribution in [0.2, 0.25) is 5.02 Å². The van der Waals surface area contributed by atoms with Gasteiger partial charge in [-0.15, -0.1) is 0 Å². The average Bonchev–Trinajstić information content (AvgIpc) is 3.11. The third kappa shape index (κ3) is 4.15. The van der Waals surface area contributed by atoms with Crippen LogP contribution in [0.25, 0.3) is 16.7 Å². The summed E-state index contributed by atoms with van der Waals surface area (Å²) in [6.45, 7) is 0. The molecular formula is C19H12ClF3N4OS. The lowest BCUT2D eigenvalue weighted by Crippen LogP contribution is -2.09. The van der Waals surface area contributed by atoms with Crippen molar-refractivity contribution >= 4 is 34.4 Å². The van der Waals surface area contributed by atoms with E-state index in [-0.39, 0.29) is 5.56 Å². The highest BCUT2D eigenvalue weighted by atomic mass is 35.5. The van der Waals surface area contributed by atoms with E-state index >= 15 is 0 Å². The van der Waals surface area contributed by atoms with E-state index in [0.717, 1.165) is 12.1 Å². The maximum atomic E-state index is 12.7. The molecule has 0 aliphatic carbocycles. The van der Waals surface area contributed by atoms with Gasteiger partial charge in [-0.2, -0.15) is 18.3 Å². The molecule has 0 fully saturated rings. The van der Waals surface area contributed by atoms with Crippen LogP contribution in [0, 0.1) is 0 Å². The second-order valence-corrected chi connectivity index (χ2v) is 7.52. The highest BCUT2D eigenvalue weighted by Crippen LogP contribution is 2.30. The number of hydrogen-bond acceptors (Lipinski definition) is 4. The van der Waals surface area contributed by atoms with E-state index in [2.05, 4.69) is 15.1 Å². The summed E-state index contributed by atoms with van der Waals surface area (Å²) in [5.74, 6) is 0.349. The van der Waals surface area contributed by atoms with Gasteiger partial charge in [0.15, 0.2) is 10.8 Å². The van der Waals surface area contributed by atoms with Crippen molar-refractivity contribution in [1.29, 1.82) is 0 Å². The van der Waals surface area contributed by atoms with Crippen LogP contribution in [0.5, 0.6) is 0 Å². The summed E-state index contributed by atoms with van der Waals surface area (Å²) in [5, 5.41) is 5.47. The van der Waals surface area contributed by atoms with Crippen molar-refractivity contribution in [2.75, 3.05) is 0 Å². The number of aromatic nitrogens is 4. The zero-order valence-corrected chi connectivity index (χ0v) is 16.1. The van der Waals surface area contributed by atoms with Crippen LogP contribution in [0.15, 0.2) is 64.7 Å². The fourth-order valence-corrected chi connectivity index (χ4v) is 3.62. The Morgan fingerprint density at radius 1 is 1.07 bits per heavy atom. The zero-order chi connectivity index (χ0) is 20.6. The van der Waals surface area contributed by atoms with Crippen molar-refractivity contribution < 1.29 is 13.2 Å². The van der Waals surface area contributed by atoms with Crippen LogP contribution in [0.4, 0.5) is 13.2 Å². The Kier molecular flexibility index (Phi) is 5.10. The van der Waals surface area contributed by atoms with Gasteiger partial charge in [0.2, 0.25) is 0 Å². The highest BCUT2D eigenvalue weighted by Gasteiger charge is 2.29. The number of thioether (sulfide) groups is 1. The van der Waals surface area contributed by atoms with Crippen molar-refractivity contribution in [3.63, 3.8) is 0 Å². The normalized spacial score (nSPS) is 11.9.